The molecule has 2 heterocycles. The fraction of sp³-hybridized carbons (Fsp3) is 0.571. The Hall–Kier alpha value is -0.440. The van der Waals surface area contributed by atoms with Gasteiger partial charge in [-0.15, -0.1) is 11.6 Å². The summed E-state index contributed by atoms with van der Waals surface area (Å²) in [6.07, 6.45) is 2.77. The van der Waals surface area contributed by atoms with Gasteiger partial charge in [-0.2, -0.15) is 0 Å². The third-order valence-electron chi connectivity index (χ3n) is 3.69. The number of halogens is 2. The minimum absolute atomic E-state index is 0.190. The van der Waals surface area contributed by atoms with Crippen LogP contribution in [0.4, 0.5) is 0 Å². The molecule has 0 aromatic heterocycles. The first kappa shape index (κ1) is 12.6. The van der Waals surface area contributed by atoms with Crippen LogP contribution < -0.4 is 4.74 Å². The highest BCUT2D eigenvalue weighted by molar-refractivity contribution is 6.30. The molecule has 2 aliphatic rings. The summed E-state index contributed by atoms with van der Waals surface area (Å²) in [6, 6.07) is 4.01. The van der Waals surface area contributed by atoms with Crippen molar-refractivity contribution in [2.75, 3.05) is 19.8 Å². The quantitative estimate of drug-likeness (QED) is 0.775. The van der Waals surface area contributed by atoms with E-state index in [1.807, 2.05) is 12.1 Å². The third-order valence-corrected chi connectivity index (χ3v) is 4.48. The number of hydrogen-bond acceptors (Lipinski definition) is 2. The minimum Gasteiger partial charge on any atom is -0.493 e. The zero-order chi connectivity index (χ0) is 12.5. The molecule has 98 valence electrons. The second-order valence-electron chi connectivity index (χ2n) is 5.00. The molecule has 2 atom stereocenters. The molecule has 2 unspecified atom stereocenters. The molecule has 4 heteroatoms. The van der Waals surface area contributed by atoms with Crippen LogP contribution in [0.15, 0.2) is 12.1 Å². The zero-order valence-corrected chi connectivity index (χ0v) is 11.6. The van der Waals surface area contributed by atoms with Crippen molar-refractivity contribution >= 4 is 23.2 Å². The summed E-state index contributed by atoms with van der Waals surface area (Å²) < 4.78 is 11.2. The van der Waals surface area contributed by atoms with Crippen molar-refractivity contribution in [2.24, 2.45) is 5.92 Å². The lowest BCUT2D eigenvalue weighted by atomic mass is 9.92. The van der Waals surface area contributed by atoms with Crippen molar-refractivity contribution in [1.82, 2.24) is 0 Å². The smallest absolute Gasteiger partial charge is 0.125 e. The van der Waals surface area contributed by atoms with Crippen molar-refractivity contribution in [1.29, 1.82) is 0 Å². The number of alkyl halides is 1. The summed E-state index contributed by atoms with van der Waals surface area (Å²) in [4.78, 5) is 0. The molecular weight excluding hydrogens is 271 g/mol. The van der Waals surface area contributed by atoms with Gasteiger partial charge >= 0.3 is 0 Å². The van der Waals surface area contributed by atoms with E-state index in [4.69, 9.17) is 32.7 Å². The minimum atomic E-state index is 0.190. The highest BCUT2D eigenvalue weighted by Gasteiger charge is 2.27. The summed E-state index contributed by atoms with van der Waals surface area (Å²) in [7, 11) is 0. The van der Waals surface area contributed by atoms with E-state index in [-0.39, 0.29) is 5.38 Å². The monoisotopic (exact) mass is 286 g/mol. The van der Waals surface area contributed by atoms with Gasteiger partial charge in [0, 0.05) is 29.3 Å². The van der Waals surface area contributed by atoms with Gasteiger partial charge in [0.05, 0.1) is 13.2 Å². The lowest BCUT2D eigenvalue weighted by Crippen LogP contribution is -2.29. The molecule has 0 radical (unpaired) electrons. The second kappa shape index (κ2) is 5.28. The first-order valence-corrected chi connectivity index (χ1v) is 7.21. The van der Waals surface area contributed by atoms with Gasteiger partial charge in [-0.25, -0.2) is 0 Å². The van der Waals surface area contributed by atoms with E-state index in [1.165, 1.54) is 11.1 Å². The molecule has 0 aliphatic carbocycles. The molecule has 0 amide bonds. The Morgan fingerprint density at radius 3 is 3.00 bits per heavy atom. The molecule has 3 rings (SSSR count). The van der Waals surface area contributed by atoms with Crippen LogP contribution in [0.5, 0.6) is 5.75 Å². The lowest BCUT2D eigenvalue weighted by Gasteiger charge is -2.27. The molecule has 2 aliphatic heterocycles. The van der Waals surface area contributed by atoms with Gasteiger partial charge in [-0.3, -0.25) is 0 Å². The fourth-order valence-electron chi connectivity index (χ4n) is 2.74. The molecule has 0 N–H and O–H groups in total. The van der Waals surface area contributed by atoms with Crippen LogP contribution in [-0.4, -0.2) is 25.2 Å². The standard InChI is InChI=1S/C14H16Cl2O2/c15-12-6-9-1-4-18-14(9)10(7-12)5-11-8-17-3-2-13(11)16/h6-7,11,13H,1-5,8H2. The second-order valence-corrected chi connectivity index (χ2v) is 5.99. The molecule has 1 saturated heterocycles. The summed E-state index contributed by atoms with van der Waals surface area (Å²) >= 11 is 12.5. The van der Waals surface area contributed by atoms with E-state index in [0.29, 0.717) is 5.92 Å². The highest BCUT2D eigenvalue weighted by atomic mass is 35.5. The van der Waals surface area contributed by atoms with E-state index in [1.54, 1.807) is 0 Å². The maximum Gasteiger partial charge on any atom is 0.125 e. The number of ether oxygens (including phenoxy) is 2. The van der Waals surface area contributed by atoms with Gasteiger partial charge in [0.2, 0.25) is 0 Å². The van der Waals surface area contributed by atoms with Crippen molar-refractivity contribution in [3.63, 3.8) is 0 Å². The predicted molar refractivity (Wildman–Crippen MR) is 72.9 cm³/mol. The maximum absolute atomic E-state index is 6.37. The van der Waals surface area contributed by atoms with Crippen molar-refractivity contribution in [3.05, 3.63) is 28.3 Å². The molecule has 0 bridgehead atoms. The lowest BCUT2D eigenvalue weighted by molar-refractivity contribution is 0.0576. The molecule has 1 aromatic carbocycles. The van der Waals surface area contributed by atoms with Crippen LogP contribution >= 0.6 is 23.2 Å². The Labute approximate surface area is 117 Å². The fourth-order valence-corrected chi connectivity index (χ4v) is 3.25. The normalized spacial score (nSPS) is 26.8. The SMILES string of the molecule is Clc1cc2c(c(CC3COCCC3Cl)c1)OCC2. The maximum atomic E-state index is 6.37. The van der Waals surface area contributed by atoms with Crippen LogP contribution in [0.1, 0.15) is 17.5 Å². The number of benzene rings is 1. The average Bonchev–Trinajstić information content (AvgIpc) is 2.80. The van der Waals surface area contributed by atoms with Crippen molar-refractivity contribution in [2.45, 2.75) is 24.6 Å². The Morgan fingerprint density at radius 2 is 2.17 bits per heavy atom. The van der Waals surface area contributed by atoms with Crippen LogP contribution in [0.3, 0.4) is 0 Å². The molecule has 2 nitrogen and oxygen atoms in total. The topological polar surface area (TPSA) is 18.5 Å². The average molecular weight is 287 g/mol. The summed E-state index contributed by atoms with van der Waals surface area (Å²) in [5, 5.41) is 0.979. The van der Waals surface area contributed by atoms with Crippen molar-refractivity contribution < 1.29 is 9.47 Å². The van der Waals surface area contributed by atoms with E-state index in [0.717, 1.165) is 49.9 Å². The molecule has 0 spiro atoms. The first-order chi connectivity index (χ1) is 8.74. The van der Waals surface area contributed by atoms with Gasteiger partial charge < -0.3 is 9.47 Å². The van der Waals surface area contributed by atoms with E-state index in [9.17, 15) is 0 Å². The Kier molecular flexibility index (Phi) is 3.69. The largest absolute Gasteiger partial charge is 0.493 e. The van der Waals surface area contributed by atoms with Gasteiger partial charge in [0.15, 0.2) is 0 Å². The van der Waals surface area contributed by atoms with Gasteiger partial charge in [-0.05, 0) is 36.1 Å². The third kappa shape index (κ3) is 2.47. The summed E-state index contributed by atoms with van der Waals surface area (Å²) in [5.74, 6) is 1.38. The zero-order valence-electron chi connectivity index (χ0n) is 10.1. The van der Waals surface area contributed by atoms with E-state index >= 15 is 0 Å². The Balaban J connectivity index is 1.84. The van der Waals surface area contributed by atoms with Gasteiger partial charge in [0.1, 0.15) is 5.75 Å². The van der Waals surface area contributed by atoms with E-state index < -0.39 is 0 Å². The molecule has 1 fully saturated rings. The van der Waals surface area contributed by atoms with Crippen molar-refractivity contribution in [3.8, 4) is 5.75 Å². The number of fused-ring (bicyclic) bond motifs is 1. The van der Waals surface area contributed by atoms with Gasteiger partial charge in [0.25, 0.3) is 0 Å². The number of rotatable bonds is 2. The Bertz CT molecular complexity index is 448. The highest BCUT2D eigenvalue weighted by Crippen LogP contribution is 2.36. The van der Waals surface area contributed by atoms with E-state index in [2.05, 4.69) is 0 Å². The van der Waals surface area contributed by atoms with Crippen LogP contribution in [0, 0.1) is 5.92 Å². The first-order valence-electron chi connectivity index (χ1n) is 6.40. The Morgan fingerprint density at radius 1 is 1.28 bits per heavy atom. The predicted octanol–water partition coefficient (Wildman–Crippen LogP) is 3.46. The summed E-state index contributed by atoms with van der Waals surface area (Å²) in [6.45, 7) is 2.26. The van der Waals surface area contributed by atoms with Gasteiger partial charge in [-0.1, -0.05) is 11.6 Å². The molecule has 1 aromatic rings. The molecule has 18 heavy (non-hydrogen) atoms. The van der Waals surface area contributed by atoms with Crippen LogP contribution in [0.25, 0.3) is 0 Å². The van der Waals surface area contributed by atoms with Crippen LogP contribution in [0.2, 0.25) is 5.02 Å². The molecular formula is C14H16Cl2O2. The van der Waals surface area contributed by atoms with Crippen LogP contribution in [-0.2, 0) is 17.6 Å². The summed E-state index contributed by atoms with van der Waals surface area (Å²) in [5.41, 5.74) is 2.40. The number of hydrogen-bond donors (Lipinski definition) is 0. The molecule has 0 saturated carbocycles.